The molecule has 4 rings (SSSR count). The maximum atomic E-state index is 11.9. The van der Waals surface area contributed by atoms with Crippen LogP contribution in [0.1, 0.15) is 78.6 Å². The van der Waals surface area contributed by atoms with Crippen LogP contribution in [-0.4, -0.2) is 16.5 Å². The minimum atomic E-state index is -0.469. The molecule has 7 atom stereocenters. The molecule has 0 spiro atoms. The quantitative estimate of drug-likeness (QED) is 0.722. The Kier molecular flexibility index (Phi) is 3.16. The summed E-state index contributed by atoms with van der Waals surface area (Å²) in [6, 6.07) is 0. The van der Waals surface area contributed by atoms with Gasteiger partial charge in [-0.25, -0.2) is 0 Å². The zero-order valence-electron chi connectivity index (χ0n) is 14.5. The Bertz CT molecular complexity index is 496. The van der Waals surface area contributed by atoms with Gasteiger partial charge in [0.1, 0.15) is 5.78 Å². The first-order valence-corrected chi connectivity index (χ1v) is 9.52. The molecule has 2 heteroatoms. The summed E-state index contributed by atoms with van der Waals surface area (Å²) in [5.41, 5.74) is 0.0530. The van der Waals surface area contributed by atoms with E-state index < -0.39 is 5.60 Å². The third kappa shape index (κ3) is 1.79. The van der Waals surface area contributed by atoms with Gasteiger partial charge in [0, 0.05) is 12.8 Å². The highest BCUT2D eigenvalue weighted by Crippen LogP contribution is 2.67. The summed E-state index contributed by atoms with van der Waals surface area (Å²) in [6.45, 7) is 6.94. The topological polar surface area (TPSA) is 37.3 Å². The molecular weight excluding hydrogens is 272 g/mol. The van der Waals surface area contributed by atoms with E-state index in [2.05, 4.69) is 20.8 Å². The molecule has 0 heterocycles. The second-order valence-corrected chi connectivity index (χ2v) is 9.67. The number of fused-ring (bicyclic) bond motifs is 5. The molecule has 0 aromatic heterocycles. The van der Waals surface area contributed by atoms with E-state index in [1.54, 1.807) is 0 Å². The summed E-state index contributed by atoms with van der Waals surface area (Å²) in [6.07, 6.45) is 9.98. The SMILES string of the molecule is C[C@]12CCC(=O)C[C@H]1CC[C@@H]1[C@@H]2CC[C@@]2(C)[C@H]1CC[C@]2(C)O. The van der Waals surface area contributed by atoms with Gasteiger partial charge in [-0.05, 0) is 86.4 Å². The molecule has 0 aromatic rings. The number of Topliss-reactive ketones (excluding diaryl/α,β-unsaturated/α-hetero) is 1. The van der Waals surface area contributed by atoms with Gasteiger partial charge in [0.05, 0.1) is 5.60 Å². The van der Waals surface area contributed by atoms with E-state index in [9.17, 15) is 9.90 Å². The molecule has 4 aliphatic rings. The second-order valence-electron chi connectivity index (χ2n) is 9.67. The van der Waals surface area contributed by atoms with Crippen LogP contribution in [0, 0.1) is 34.5 Å². The van der Waals surface area contributed by atoms with Gasteiger partial charge in [-0.15, -0.1) is 0 Å². The minimum Gasteiger partial charge on any atom is -0.390 e. The summed E-state index contributed by atoms with van der Waals surface area (Å²) in [5.74, 6) is 3.44. The fourth-order valence-corrected chi connectivity index (χ4v) is 7.29. The van der Waals surface area contributed by atoms with E-state index in [0.29, 0.717) is 23.0 Å². The first-order valence-electron chi connectivity index (χ1n) is 9.52. The van der Waals surface area contributed by atoms with Gasteiger partial charge < -0.3 is 5.11 Å². The van der Waals surface area contributed by atoms with Crippen LogP contribution in [0.15, 0.2) is 0 Å². The van der Waals surface area contributed by atoms with E-state index in [4.69, 9.17) is 0 Å². The third-order valence-corrected chi connectivity index (χ3v) is 9.04. The predicted octanol–water partition coefficient (Wildman–Crippen LogP) is 4.35. The van der Waals surface area contributed by atoms with Gasteiger partial charge in [-0.2, -0.15) is 0 Å². The van der Waals surface area contributed by atoms with E-state index in [1.807, 2.05) is 0 Å². The number of carbonyl (C=O) groups excluding carboxylic acids is 1. The fourth-order valence-electron chi connectivity index (χ4n) is 7.29. The van der Waals surface area contributed by atoms with Crippen molar-refractivity contribution in [2.45, 2.75) is 84.2 Å². The van der Waals surface area contributed by atoms with Crippen molar-refractivity contribution in [1.82, 2.24) is 0 Å². The van der Waals surface area contributed by atoms with Crippen LogP contribution in [0.5, 0.6) is 0 Å². The summed E-state index contributed by atoms with van der Waals surface area (Å²) >= 11 is 0. The molecule has 0 aliphatic heterocycles. The van der Waals surface area contributed by atoms with Crippen LogP contribution in [0.25, 0.3) is 0 Å². The molecule has 0 unspecified atom stereocenters. The average molecular weight is 304 g/mol. The standard InChI is InChI=1S/C20H32O2/c1-18-9-6-14(21)12-13(18)4-5-15-16(18)7-10-19(2)17(15)8-11-20(19,3)22/h13,15-17,22H,4-12H2,1-3H3/t13-,15-,16+,17+,18+,19+,20+/m1/s1. The summed E-state index contributed by atoms with van der Waals surface area (Å²) in [4.78, 5) is 11.9. The van der Waals surface area contributed by atoms with Crippen LogP contribution < -0.4 is 0 Å². The molecule has 0 amide bonds. The first-order chi connectivity index (χ1) is 10.3. The van der Waals surface area contributed by atoms with Crippen molar-refractivity contribution in [3.63, 3.8) is 0 Å². The Hall–Kier alpha value is -0.370. The van der Waals surface area contributed by atoms with Gasteiger partial charge in [-0.3, -0.25) is 4.79 Å². The van der Waals surface area contributed by atoms with Crippen molar-refractivity contribution in [1.29, 1.82) is 0 Å². The van der Waals surface area contributed by atoms with Crippen LogP contribution >= 0.6 is 0 Å². The van der Waals surface area contributed by atoms with E-state index in [1.165, 1.54) is 32.1 Å². The smallest absolute Gasteiger partial charge is 0.133 e. The zero-order valence-corrected chi connectivity index (χ0v) is 14.5. The summed E-state index contributed by atoms with van der Waals surface area (Å²) in [7, 11) is 0. The molecule has 1 N–H and O–H groups in total. The number of rotatable bonds is 0. The van der Waals surface area contributed by atoms with Crippen molar-refractivity contribution in [3.05, 3.63) is 0 Å². The molecule has 4 fully saturated rings. The fraction of sp³-hybridized carbons (Fsp3) is 0.950. The Morgan fingerprint density at radius 1 is 0.955 bits per heavy atom. The van der Waals surface area contributed by atoms with Crippen molar-refractivity contribution >= 4 is 5.78 Å². The van der Waals surface area contributed by atoms with Crippen molar-refractivity contribution in [2.75, 3.05) is 0 Å². The molecule has 0 aromatic carbocycles. The largest absolute Gasteiger partial charge is 0.390 e. The van der Waals surface area contributed by atoms with Gasteiger partial charge in [-0.1, -0.05) is 13.8 Å². The number of aliphatic hydroxyl groups is 1. The Balaban J connectivity index is 1.65. The Labute approximate surface area is 135 Å². The molecule has 0 bridgehead atoms. The molecule has 2 nitrogen and oxygen atoms in total. The highest BCUT2D eigenvalue weighted by atomic mass is 16.3. The molecule has 0 radical (unpaired) electrons. The molecule has 4 saturated carbocycles. The average Bonchev–Trinajstić information content (AvgIpc) is 2.70. The van der Waals surface area contributed by atoms with E-state index >= 15 is 0 Å². The number of hydrogen-bond donors (Lipinski definition) is 1. The van der Waals surface area contributed by atoms with Crippen LogP contribution in [0.3, 0.4) is 0 Å². The van der Waals surface area contributed by atoms with Gasteiger partial charge in [0.15, 0.2) is 0 Å². The molecular formula is C20H32O2. The lowest BCUT2D eigenvalue weighted by atomic mass is 9.44. The van der Waals surface area contributed by atoms with Crippen molar-refractivity contribution < 1.29 is 9.90 Å². The maximum absolute atomic E-state index is 11.9. The molecule has 4 aliphatic carbocycles. The number of hydrogen-bond acceptors (Lipinski definition) is 2. The molecule has 0 saturated heterocycles. The Morgan fingerprint density at radius 3 is 2.45 bits per heavy atom. The lowest BCUT2D eigenvalue weighted by Gasteiger charge is -2.60. The highest BCUT2D eigenvalue weighted by molar-refractivity contribution is 5.79. The lowest BCUT2D eigenvalue weighted by molar-refractivity contribution is -0.152. The normalized spacial score (nSPS) is 57.9. The third-order valence-electron chi connectivity index (χ3n) is 9.04. The lowest BCUT2D eigenvalue weighted by Crippen LogP contribution is -2.55. The predicted molar refractivity (Wildman–Crippen MR) is 87.4 cm³/mol. The number of ketones is 1. The molecule has 22 heavy (non-hydrogen) atoms. The van der Waals surface area contributed by atoms with Gasteiger partial charge in [0.25, 0.3) is 0 Å². The second kappa shape index (κ2) is 4.59. The highest BCUT2D eigenvalue weighted by Gasteiger charge is 2.63. The number of carbonyl (C=O) groups is 1. The zero-order chi connectivity index (χ0) is 15.8. The van der Waals surface area contributed by atoms with Gasteiger partial charge >= 0.3 is 0 Å². The maximum Gasteiger partial charge on any atom is 0.133 e. The monoisotopic (exact) mass is 304 g/mol. The molecule has 124 valence electrons. The minimum absolute atomic E-state index is 0.127. The van der Waals surface area contributed by atoms with Crippen LogP contribution in [0.2, 0.25) is 0 Å². The summed E-state index contributed by atoms with van der Waals surface area (Å²) < 4.78 is 0. The van der Waals surface area contributed by atoms with Crippen molar-refractivity contribution in [2.24, 2.45) is 34.5 Å². The van der Waals surface area contributed by atoms with Crippen LogP contribution in [0.4, 0.5) is 0 Å². The first kappa shape index (κ1) is 15.2. The van der Waals surface area contributed by atoms with E-state index in [0.717, 1.165) is 37.5 Å². The van der Waals surface area contributed by atoms with Crippen LogP contribution in [-0.2, 0) is 4.79 Å². The summed E-state index contributed by atoms with van der Waals surface area (Å²) in [5, 5.41) is 10.9. The Morgan fingerprint density at radius 2 is 1.68 bits per heavy atom. The van der Waals surface area contributed by atoms with Gasteiger partial charge in [0.2, 0.25) is 0 Å². The van der Waals surface area contributed by atoms with Crippen molar-refractivity contribution in [3.8, 4) is 0 Å². The van der Waals surface area contributed by atoms with E-state index in [-0.39, 0.29) is 5.41 Å².